The number of aryl methyl sites for hydroxylation is 1. The zero-order valence-corrected chi connectivity index (χ0v) is 12.0. The summed E-state index contributed by atoms with van der Waals surface area (Å²) in [6.45, 7) is 2.16. The third-order valence-electron chi connectivity index (χ3n) is 2.78. The SMILES string of the molecule is Cc1cc(F)ccc1C(=O)NCc1cccc(Br)c1. The first-order valence-corrected chi connectivity index (χ1v) is 6.64. The molecule has 98 valence electrons. The summed E-state index contributed by atoms with van der Waals surface area (Å²) in [6.07, 6.45) is 0. The molecule has 2 aromatic rings. The molecule has 0 radical (unpaired) electrons. The number of carbonyl (C=O) groups is 1. The number of halogens is 2. The largest absolute Gasteiger partial charge is 0.348 e. The van der Waals surface area contributed by atoms with Gasteiger partial charge < -0.3 is 5.32 Å². The molecule has 0 bridgehead atoms. The average Bonchev–Trinajstić information content (AvgIpc) is 2.36. The van der Waals surface area contributed by atoms with E-state index in [0.29, 0.717) is 17.7 Å². The Hall–Kier alpha value is -1.68. The van der Waals surface area contributed by atoms with Gasteiger partial charge in [0, 0.05) is 16.6 Å². The van der Waals surface area contributed by atoms with Crippen LogP contribution in [-0.4, -0.2) is 5.91 Å². The number of rotatable bonds is 3. The molecule has 2 aromatic carbocycles. The summed E-state index contributed by atoms with van der Waals surface area (Å²) in [5.41, 5.74) is 2.13. The summed E-state index contributed by atoms with van der Waals surface area (Å²) in [5, 5.41) is 2.82. The van der Waals surface area contributed by atoms with Crippen LogP contribution in [0.3, 0.4) is 0 Å². The minimum Gasteiger partial charge on any atom is -0.348 e. The van der Waals surface area contributed by atoms with E-state index < -0.39 is 0 Å². The van der Waals surface area contributed by atoms with Gasteiger partial charge in [0.05, 0.1) is 0 Å². The first-order valence-electron chi connectivity index (χ1n) is 5.85. The van der Waals surface area contributed by atoms with Crippen molar-refractivity contribution in [1.29, 1.82) is 0 Å². The van der Waals surface area contributed by atoms with E-state index in [2.05, 4.69) is 21.2 Å². The highest BCUT2D eigenvalue weighted by Gasteiger charge is 2.09. The maximum Gasteiger partial charge on any atom is 0.251 e. The van der Waals surface area contributed by atoms with Crippen molar-refractivity contribution in [2.24, 2.45) is 0 Å². The van der Waals surface area contributed by atoms with E-state index in [1.54, 1.807) is 6.92 Å². The monoisotopic (exact) mass is 321 g/mol. The van der Waals surface area contributed by atoms with Gasteiger partial charge in [-0.25, -0.2) is 4.39 Å². The van der Waals surface area contributed by atoms with Gasteiger partial charge in [-0.1, -0.05) is 28.1 Å². The number of amides is 1. The van der Waals surface area contributed by atoms with Crippen LogP contribution in [0, 0.1) is 12.7 Å². The number of carbonyl (C=O) groups excluding carboxylic acids is 1. The Morgan fingerprint density at radius 3 is 2.74 bits per heavy atom. The summed E-state index contributed by atoms with van der Waals surface area (Å²) in [7, 11) is 0. The summed E-state index contributed by atoms with van der Waals surface area (Å²) in [6, 6.07) is 11.9. The Morgan fingerprint density at radius 1 is 1.26 bits per heavy atom. The van der Waals surface area contributed by atoms with Crippen LogP contribution in [0.4, 0.5) is 4.39 Å². The van der Waals surface area contributed by atoms with Crippen molar-refractivity contribution < 1.29 is 9.18 Å². The predicted octanol–water partition coefficient (Wildman–Crippen LogP) is 3.83. The van der Waals surface area contributed by atoms with Crippen molar-refractivity contribution in [3.63, 3.8) is 0 Å². The van der Waals surface area contributed by atoms with Crippen molar-refractivity contribution >= 4 is 21.8 Å². The second-order valence-electron chi connectivity index (χ2n) is 4.27. The molecule has 0 aliphatic rings. The van der Waals surface area contributed by atoms with Gasteiger partial charge in [-0.15, -0.1) is 0 Å². The maximum atomic E-state index is 13.0. The van der Waals surface area contributed by atoms with E-state index in [1.165, 1.54) is 18.2 Å². The lowest BCUT2D eigenvalue weighted by Crippen LogP contribution is -2.23. The lowest BCUT2D eigenvalue weighted by Gasteiger charge is -2.08. The van der Waals surface area contributed by atoms with Crippen LogP contribution >= 0.6 is 15.9 Å². The molecule has 0 unspecified atom stereocenters. The Labute approximate surface area is 119 Å². The molecule has 1 amide bonds. The quantitative estimate of drug-likeness (QED) is 0.914. The molecule has 19 heavy (non-hydrogen) atoms. The number of nitrogens with one attached hydrogen (secondary N) is 1. The molecule has 4 heteroatoms. The van der Waals surface area contributed by atoms with Gasteiger partial charge in [-0.05, 0) is 48.4 Å². The number of benzene rings is 2. The van der Waals surface area contributed by atoms with Gasteiger partial charge in [0.1, 0.15) is 5.82 Å². The third kappa shape index (κ3) is 3.64. The highest BCUT2D eigenvalue weighted by atomic mass is 79.9. The first kappa shape index (κ1) is 13.7. The molecule has 1 N–H and O–H groups in total. The smallest absolute Gasteiger partial charge is 0.251 e. The molecule has 0 heterocycles. The maximum absolute atomic E-state index is 13.0. The molecule has 0 aromatic heterocycles. The molecule has 2 nitrogen and oxygen atoms in total. The minimum absolute atomic E-state index is 0.197. The van der Waals surface area contributed by atoms with Crippen molar-refractivity contribution in [2.45, 2.75) is 13.5 Å². The Bertz CT molecular complexity index is 613. The minimum atomic E-state index is -0.332. The van der Waals surface area contributed by atoms with Gasteiger partial charge in [0.25, 0.3) is 5.91 Å². The highest BCUT2D eigenvalue weighted by Crippen LogP contribution is 2.13. The zero-order valence-electron chi connectivity index (χ0n) is 10.4. The van der Waals surface area contributed by atoms with Crippen molar-refractivity contribution in [3.05, 3.63) is 69.4 Å². The van der Waals surface area contributed by atoms with Crippen LogP contribution in [0.5, 0.6) is 0 Å². The fourth-order valence-electron chi connectivity index (χ4n) is 1.81. The van der Waals surface area contributed by atoms with Crippen LogP contribution in [0.2, 0.25) is 0 Å². The third-order valence-corrected chi connectivity index (χ3v) is 3.27. The van der Waals surface area contributed by atoms with Crippen molar-refractivity contribution in [2.75, 3.05) is 0 Å². The summed E-state index contributed by atoms with van der Waals surface area (Å²) < 4.78 is 13.9. The normalized spacial score (nSPS) is 10.3. The van der Waals surface area contributed by atoms with Gasteiger partial charge >= 0.3 is 0 Å². The Kier molecular flexibility index (Phi) is 4.32. The van der Waals surface area contributed by atoms with Crippen molar-refractivity contribution in [1.82, 2.24) is 5.32 Å². The highest BCUT2D eigenvalue weighted by molar-refractivity contribution is 9.10. The van der Waals surface area contributed by atoms with Crippen molar-refractivity contribution in [3.8, 4) is 0 Å². The lowest BCUT2D eigenvalue weighted by atomic mass is 10.1. The van der Waals surface area contributed by atoms with Gasteiger partial charge in [-0.2, -0.15) is 0 Å². The molecule has 0 aliphatic heterocycles. The second kappa shape index (κ2) is 5.97. The Balaban J connectivity index is 2.05. The fourth-order valence-corrected chi connectivity index (χ4v) is 2.25. The first-order chi connectivity index (χ1) is 9.06. The van der Waals surface area contributed by atoms with Crippen LogP contribution in [0.25, 0.3) is 0 Å². The summed E-state index contributed by atoms with van der Waals surface area (Å²) in [4.78, 5) is 12.0. The van der Waals surface area contributed by atoms with E-state index in [4.69, 9.17) is 0 Å². The summed E-state index contributed by atoms with van der Waals surface area (Å²) in [5.74, 6) is -0.529. The average molecular weight is 322 g/mol. The van der Waals surface area contributed by atoms with E-state index in [0.717, 1.165) is 10.0 Å². The van der Waals surface area contributed by atoms with Crippen LogP contribution in [0.15, 0.2) is 46.9 Å². The van der Waals surface area contributed by atoms with E-state index in [-0.39, 0.29) is 11.7 Å². The van der Waals surface area contributed by atoms with Gasteiger partial charge in [-0.3, -0.25) is 4.79 Å². The molecule has 0 saturated carbocycles. The number of hydrogen-bond donors (Lipinski definition) is 1. The predicted molar refractivity (Wildman–Crippen MR) is 76.4 cm³/mol. The van der Waals surface area contributed by atoms with Gasteiger partial charge in [0.15, 0.2) is 0 Å². The van der Waals surface area contributed by atoms with Crippen LogP contribution in [-0.2, 0) is 6.54 Å². The molecule has 0 fully saturated rings. The molecule has 0 saturated heterocycles. The zero-order chi connectivity index (χ0) is 13.8. The Morgan fingerprint density at radius 2 is 2.05 bits per heavy atom. The summed E-state index contributed by atoms with van der Waals surface area (Å²) >= 11 is 3.38. The molecule has 0 spiro atoms. The van der Waals surface area contributed by atoms with Crippen LogP contribution in [0.1, 0.15) is 21.5 Å². The van der Waals surface area contributed by atoms with E-state index in [1.807, 2.05) is 24.3 Å². The molecule has 0 atom stereocenters. The standard InChI is InChI=1S/C15H13BrFNO/c1-10-7-13(17)5-6-14(10)15(19)18-9-11-3-2-4-12(16)8-11/h2-8H,9H2,1H3,(H,18,19). The van der Waals surface area contributed by atoms with Crippen LogP contribution < -0.4 is 5.32 Å². The van der Waals surface area contributed by atoms with E-state index in [9.17, 15) is 9.18 Å². The number of hydrogen-bond acceptors (Lipinski definition) is 1. The van der Waals surface area contributed by atoms with Gasteiger partial charge in [0.2, 0.25) is 0 Å². The molecule has 2 rings (SSSR count). The second-order valence-corrected chi connectivity index (χ2v) is 5.19. The lowest BCUT2D eigenvalue weighted by molar-refractivity contribution is 0.0950. The molecular formula is C15H13BrFNO. The topological polar surface area (TPSA) is 29.1 Å². The fraction of sp³-hybridized carbons (Fsp3) is 0.133. The van der Waals surface area contributed by atoms with E-state index >= 15 is 0 Å². The molecular weight excluding hydrogens is 309 g/mol. The molecule has 0 aliphatic carbocycles.